The van der Waals surface area contributed by atoms with Gasteiger partial charge in [-0.05, 0) is 130 Å². The van der Waals surface area contributed by atoms with Gasteiger partial charge in [0.15, 0.2) is 0 Å². The molecule has 0 aliphatic heterocycles. The van der Waals surface area contributed by atoms with E-state index in [1.54, 1.807) is 7.11 Å². The molecule has 2 amide bonds. The minimum absolute atomic E-state index is 0.0217. The summed E-state index contributed by atoms with van der Waals surface area (Å²) in [4.78, 5) is 28.4. The van der Waals surface area contributed by atoms with Gasteiger partial charge in [0.25, 0.3) is 0 Å². The number of carbonyl (C=O) groups excluding carboxylic acids is 2. The van der Waals surface area contributed by atoms with E-state index in [4.69, 9.17) is 4.74 Å². The molecule has 5 saturated carbocycles. The number of hydrogen-bond donors (Lipinski definition) is 2. The second kappa shape index (κ2) is 12.5. The van der Waals surface area contributed by atoms with Gasteiger partial charge in [0.05, 0.1) is 19.3 Å². The van der Waals surface area contributed by atoms with Gasteiger partial charge in [0.2, 0.25) is 11.8 Å². The number of aryl methyl sites for hydroxylation is 1. The summed E-state index contributed by atoms with van der Waals surface area (Å²) >= 11 is 0. The molecule has 0 spiro atoms. The third-order valence-electron chi connectivity index (χ3n) is 11.8. The molecule has 5 aliphatic carbocycles. The smallest absolute Gasteiger partial charge is 0.245 e. The van der Waals surface area contributed by atoms with Crippen LogP contribution in [-0.2, 0) is 15.0 Å². The summed E-state index contributed by atoms with van der Waals surface area (Å²) in [6.45, 7) is 2.39. The Hall–Kier alpha value is -3.65. The van der Waals surface area contributed by atoms with Crippen LogP contribution in [0.2, 0.25) is 0 Å². The van der Waals surface area contributed by atoms with E-state index in [-0.39, 0.29) is 34.6 Å². The lowest BCUT2D eigenvalue weighted by Gasteiger charge is -2.55. The number of nitrogens with one attached hydrogen (secondary N) is 1. The van der Waals surface area contributed by atoms with Crippen molar-refractivity contribution in [2.75, 3.05) is 25.2 Å². The van der Waals surface area contributed by atoms with Crippen LogP contribution in [0.5, 0.6) is 5.75 Å². The highest BCUT2D eigenvalue weighted by atomic mass is 16.5. The summed E-state index contributed by atoms with van der Waals surface area (Å²) in [5.41, 5.74) is 6.12. The van der Waals surface area contributed by atoms with Gasteiger partial charge >= 0.3 is 0 Å². The Kier molecular flexibility index (Phi) is 8.43. The molecule has 8 nitrogen and oxygen atoms in total. The predicted molar refractivity (Wildman–Crippen MR) is 179 cm³/mol. The fourth-order valence-electron chi connectivity index (χ4n) is 8.63. The maximum Gasteiger partial charge on any atom is 0.245 e. The number of anilines is 1. The minimum Gasteiger partial charge on any atom is -0.496 e. The quantitative estimate of drug-likeness (QED) is 0.269. The number of aliphatic hydroxyl groups excluding tert-OH is 1. The van der Waals surface area contributed by atoms with Crippen LogP contribution < -0.4 is 15.0 Å². The van der Waals surface area contributed by atoms with Gasteiger partial charge in [0, 0.05) is 36.0 Å². The van der Waals surface area contributed by atoms with E-state index < -0.39 is 6.61 Å². The SMILES string of the molecule is COc1ccc(C23CCC(CN(C(=O)C4CCC(NC(=O)CO)CC4)c4cccc(-c5cnn(C6CC6)c5)c4)(CC2)CC3)cc1C. The third-order valence-corrected chi connectivity index (χ3v) is 11.8. The summed E-state index contributed by atoms with van der Waals surface area (Å²) in [5, 5.41) is 16.7. The van der Waals surface area contributed by atoms with Crippen molar-refractivity contribution < 1.29 is 19.4 Å². The zero-order chi connectivity index (χ0) is 31.9. The van der Waals surface area contributed by atoms with Gasteiger partial charge in [0.1, 0.15) is 12.4 Å². The number of benzene rings is 2. The van der Waals surface area contributed by atoms with Crippen molar-refractivity contribution in [2.45, 2.75) is 101 Å². The largest absolute Gasteiger partial charge is 0.496 e. The molecule has 1 heterocycles. The van der Waals surface area contributed by atoms with Crippen molar-refractivity contribution in [3.63, 3.8) is 0 Å². The summed E-state index contributed by atoms with van der Waals surface area (Å²) in [7, 11) is 1.74. The zero-order valence-corrected chi connectivity index (χ0v) is 27.3. The van der Waals surface area contributed by atoms with Crippen LogP contribution >= 0.6 is 0 Å². The van der Waals surface area contributed by atoms with Crippen LogP contribution in [0.3, 0.4) is 0 Å². The second-order valence-corrected chi connectivity index (χ2v) is 14.7. The van der Waals surface area contributed by atoms with E-state index in [0.717, 1.165) is 93.3 Å². The van der Waals surface area contributed by atoms with Crippen molar-refractivity contribution >= 4 is 17.5 Å². The van der Waals surface area contributed by atoms with Crippen LogP contribution in [0.25, 0.3) is 11.1 Å². The molecule has 0 radical (unpaired) electrons. The molecule has 2 N–H and O–H groups in total. The van der Waals surface area contributed by atoms with Gasteiger partial charge in [-0.25, -0.2) is 0 Å². The molecular formula is C38H48N4O4. The number of methoxy groups -OCH3 is 1. The summed E-state index contributed by atoms with van der Waals surface area (Å²) in [5.74, 6) is 0.740. The molecule has 8 heteroatoms. The van der Waals surface area contributed by atoms with Gasteiger partial charge < -0.3 is 20.1 Å². The Balaban J connectivity index is 1.12. The topological polar surface area (TPSA) is 96.7 Å². The number of ether oxygens (including phenoxy) is 1. The number of amides is 2. The summed E-state index contributed by atoms with van der Waals surface area (Å²) in [6.07, 6.45) is 16.3. The van der Waals surface area contributed by atoms with Crippen molar-refractivity contribution in [3.05, 3.63) is 66.0 Å². The first kappa shape index (κ1) is 31.0. The Bertz CT molecular complexity index is 1560. The highest BCUT2D eigenvalue weighted by molar-refractivity contribution is 5.96. The fraction of sp³-hybridized carbons (Fsp3) is 0.553. The number of rotatable bonds is 10. The van der Waals surface area contributed by atoms with Gasteiger partial charge in [-0.1, -0.05) is 24.3 Å². The first-order valence-corrected chi connectivity index (χ1v) is 17.3. The average molecular weight is 625 g/mol. The maximum absolute atomic E-state index is 14.5. The molecule has 8 rings (SSSR count). The van der Waals surface area contributed by atoms with Crippen LogP contribution in [0.1, 0.15) is 94.2 Å². The zero-order valence-electron chi connectivity index (χ0n) is 27.3. The molecule has 46 heavy (non-hydrogen) atoms. The maximum atomic E-state index is 14.5. The molecule has 2 bridgehead atoms. The number of nitrogens with zero attached hydrogens (tertiary/aromatic N) is 3. The molecule has 5 aliphatic rings. The molecular weight excluding hydrogens is 576 g/mol. The molecule has 244 valence electrons. The molecule has 0 saturated heterocycles. The standard InChI is InChI=1S/C38H48N4O4/c1-26-20-30(8-13-34(26)46-2)38-17-14-37(15-18-38,16-19-38)25-41(36(45)27-6-9-31(10-7-27)40-35(44)24-43)33-5-3-4-28(21-33)29-22-39-42(23-29)32-11-12-32/h3-5,8,13,20-23,27,31-32,43H,6-7,9-12,14-19,24-25H2,1-2H3,(H,40,44). The summed E-state index contributed by atoms with van der Waals surface area (Å²) < 4.78 is 7.63. The van der Waals surface area contributed by atoms with Gasteiger partial charge in [-0.15, -0.1) is 0 Å². The average Bonchev–Trinajstić information content (AvgIpc) is 3.83. The predicted octanol–water partition coefficient (Wildman–Crippen LogP) is 6.49. The number of carbonyl (C=O) groups is 2. The molecule has 1 aromatic heterocycles. The van der Waals surface area contributed by atoms with Crippen LogP contribution in [0, 0.1) is 18.3 Å². The minimum atomic E-state index is -0.496. The van der Waals surface area contributed by atoms with E-state index in [2.05, 4.69) is 75.6 Å². The van der Waals surface area contributed by atoms with E-state index >= 15 is 0 Å². The number of aromatic nitrogens is 2. The van der Waals surface area contributed by atoms with Gasteiger partial charge in [-0.2, -0.15) is 5.10 Å². The lowest BCUT2D eigenvalue weighted by molar-refractivity contribution is -0.125. The van der Waals surface area contributed by atoms with Crippen LogP contribution in [-0.4, -0.2) is 53.0 Å². The molecule has 0 unspecified atom stereocenters. The molecule has 3 aromatic rings. The van der Waals surface area contributed by atoms with E-state index in [1.165, 1.54) is 24.0 Å². The van der Waals surface area contributed by atoms with Crippen molar-refractivity contribution in [1.82, 2.24) is 15.1 Å². The third kappa shape index (κ3) is 6.08. The fourth-order valence-corrected chi connectivity index (χ4v) is 8.63. The van der Waals surface area contributed by atoms with E-state index in [1.807, 2.05) is 6.20 Å². The van der Waals surface area contributed by atoms with Gasteiger partial charge in [-0.3, -0.25) is 14.3 Å². The normalized spacial score (nSPS) is 27.3. The van der Waals surface area contributed by atoms with Crippen LogP contribution in [0.15, 0.2) is 54.9 Å². The van der Waals surface area contributed by atoms with Crippen LogP contribution in [0.4, 0.5) is 5.69 Å². The Morgan fingerprint density at radius 2 is 1.72 bits per heavy atom. The van der Waals surface area contributed by atoms with Crippen molar-refractivity contribution in [2.24, 2.45) is 11.3 Å². The highest BCUT2D eigenvalue weighted by Gasteiger charge is 2.50. The van der Waals surface area contributed by atoms with Crippen molar-refractivity contribution in [1.29, 1.82) is 0 Å². The second-order valence-electron chi connectivity index (χ2n) is 14.7. The molecule has 5 fully saturated rings. The van der Waals surface area contributed by atoms with E-state index in [9.17, 15) is 14.7 Å². The molecule has 0 atom stereocenters. The first-order chi connectivity index (χ1) is 22.3. The number of fused-ring (bicyclic) bond motifs is 3. The Morgan fingerprint density at radius 1 is 0.978 bits per heavy atom. The highest BCUT2D eigenvalue weighted by Crippen LogP contribution is 2.58. The Morgan fingerprint density at radius 3 is 2.37 bits per heavy atom. The lowest BCUT2D eigenvalue weighted by Crippen LogP contribution is -2.52. The van der Waals surface area contributed by atoms with Crippen molar-refractivity contribution in [3.8, 4) is 16.9 Å². The first-order valence-electron chi connectivity index (χ1n) is 17.3. The Labute approximate surface area is 272 Å². The molecule has 2 aromatic carbocycles. The summed E-state index contributed by atoms with van der Waals surface area (Å²) in [6, 6.07) is 15.8. The lowest BCUT2D eigenvalue weighted by atomic mass is 9.51. The number of aliphatic hydroxyl groups is 1. The van der Waals surface area contributed by atoms with E-state index in [0.29, 0.717) is 6.04 Å². The monoisotopic (exact) mass is 624 g/mol. The number of hydrogen-bond acceptors (Lipinski definition) is 5.